The Morgan fingerprint density at radius 1 is 1.71 bits per heavy atom. The Morgan fingerprint density at radius 2 is 2.43 bits per heavy atom. The number of hydrogen-bond donors (Lipinski definition) is 2. The van der Waals surface area contributed by atoms with E-state index < -0.39 is 0 Å². The molecule has 1 aromatic rings. The van der Waals surface area contributed by atoms with Crippen LogP contribution in [0, 0.1) is 0 Å². The van der Waals surface area contributed by atoms with Crippen LogP contribution in [-0.2, 0) is 0 Å². The van der Waals surface area contributed by atoms with Crippen LogP contribution in [0.2, 0.25) is 0 Å². The van der Waals surface area contributed by atoms with Crippen LogP contribution in [0.25, 0.3) is 0 Å². The second-order valence-corrected chi connectivity index (χ2v) is 5.45. The molecule has 0 saturated heterocycles. The zero-order valence-corrected chi connectivity index (χ0v) is 10.2. The van der Waals surface area contributed by atoms with E-state index in [9.17, 15) is 4.79 Å². The zero-order valence-electron chi connectivity index (χ0n) is 7.79. The fourth-order valence-electron chi connectivity index (χ4n) is 0.997. The minimum Gasteiger partial charge on any atom is -0.396 e. The minimum atomic E-state index is -0.0818. The maximum absolute atomic E-state index is 11.5. The van der Waals surface area contributed by atoms with Gasteiger partial charge in [-0.1, -0.05) is 0 Å². The van der Waals surface area contributed by atoms with Crippen molar-refractivity contribution in [3.05, 3.63) is 20.8 Å². The Kier molecular flexibility index (Phi) is 4.57. The first-order chi connectivity index (χ1) is 6.63. The lowest BCUT2D eigenvalue weighted by atomic mass is 10.2. The molecule has 0 aliphatic heterocycles. The molecule has 0 saturated carbocycles. The second kappa shape index (κ2) is 5.48. The monoisotopic (exact) mass is 277 g/mol. The molecular formula is C9H12BrNO2S. The summed E-state index contributed by atoms with van der Waals surface area (Å²) in [6.45, 7) is 1.96. The molecule has 0 aromatic carbocycles. The molecule has 0 bridgehead atoms. The van der Waals surface area contributed by atoms with Gasteiger partial charge in [0.2, 0.25) is 0 Å². The maximum Gasteiger partial charge on any atom is 0.261 e. The number of aliphatic hydroxyl groups excluding tert-OH is 1. The Bertz CT molecular complexity index is 314. The third kappa shape index (κ3) is 3.40. The predicted molar refractivity (Wildman–Crippen MR) is 60.7 cm³/mol. The van der Waals surface area contributed by atoms with Crippen molar-refractivity contribution in [2.24, 2.45) is 0 Å². The molecule has 2 N–H and O–H groups in total. The minimum absolute atomic E-state index is 0.00776. The Morgan fingerprint density at radius 3 is 2.93 bits per heavy atom. The quantitative estimate of drug-likeness (QED) is 0.885. The van der Waals surface area contributed by atoms with E-state index in [1.54, 1.807) is 6.07 Å². The molecule has 78 valence electrons. The van der Waals surface area contributed by atoms with Crippen LogP contribution < -0.4 is 5.32 Å². The van der Waals surface area contributed by atoms with E-state index in [1.165, 1.54) is 11.3 Å². The summed E-state index contributed by atoms with van der Waals surface area (Å²) < 4.78 is 0.942. The van der Waals surface area contributed by atoms with E-state index in [1.807, 2.05) is 13.0 Å². The van der Waals surface area contributed by atoms with Crippen LogP contribution in [0.1, 0.15) is 23.0 Å². The standard InChI is InChI=1S/C9H12BrNO2S/c1-6(4-5-12)11-9(13)7-2-3-8(10)14-7/h2-3,6,12H,4-5H2,1H3,(H,11,13). The molecule has 1 atom stereocenters. The van der Waals surface area contributed by atoms with Gasteiger partial charge in [0.25, 0.3) is 5.91 Å². The number of carbonyl (C=O) groups is 1. The summed E-state index contributed by atoms with van der Waals surface area (Å²) in [5.74, 6) is -0.0818. The van der Waals surface area contributed by atoms with Gasteiger partial charge >= 0.3 is 0 Å². The molecular weight excluding hydrogens is 266 g/mol. The first-order valence-corrected chi connectivity index (χ1v) is 5.91. The van der Waals surface area contributed by atoms with Crippen molar-refractivity contribution in [1.29, 1.82) is 0 Å². The van der Waals surface area contributed by atoms with Crippen LogP contribution >= 0.6 is 27.3 Å². The van der Waals surface area contributed by atoms with Gasteiger partial charge in [-0.2, -0.15) is 0 Å². The number of thiophene rings is 1. The van der Waals surface area contributed by atoms with Gasteiger partial charge in [0.05, 0.1) is 8.66 Å². The van der Waals surface area contributed by atoms with Crippen molar-refractivity contribution in [2.75, 3.05) is 6.61 Å². The molecule has 14 heavy (non-hydrogen) atoms. The number of hydrogen-bond acceptors (Lipinski definition) is 3. The van der Waals surface area contributed by atoms with Crippen molar-refractivity contribution in [1.82, 2.24) is 5.32 Å². The van der Waals surface area contributed by atoms with Gasteiger partial charge in [-0.3, -0.25) is 4.79 Å². The van der Waals surface area contributed by atoms with E-state index >= 15 is 0 Å². The van der Waals surface area contributed by atoms with E-state index in [-0.39, 0.29) is 18.6 Å². The van der Waals surface area contributed by atoms with E-state index in [0.29, 0.717) is 11.3 Å². The highest BCUT2D eigenvalue weighted by molar-refractivity contribution is 9.11. The van der Waals surface area contributed by atoms with Gasteiger partial charge in [0, 0.05) is 12.6 Å². The molecule has 5 heteroatoms. The van der Waals surface area contributed by atoms with Gasteiger partial charge < -0.3 is 10.4 Å². The molecule has 0 spiro atoms. The zero-order chi connectivity index (χ0) is 10.6. The Hall–Kier alpha value is -0.390. The Labute approximate surface area is 95.3 Å². The van der Waals surface area contributed by atoms with Crippen LogP contribution in [-0.4, -0.2) is 23.7 Å². The van der Waals surface area contributed by atoms with Crippen molar-refractivity contribution in [3.8, 4) is 0 Å². The van der Waals surface area contributed by atoms with Crippen molar-refractivity contribution < 1.29 is 9.90 Å². The van der Waals surface area contributed by atoms with Gasteiger partial charge in [-0.25, -0.2) is 0 Å². The first kappa shape index (κ1) is 11.7. The van der Waals surface area contributed by atoms with E-state index in [2.05, 4.69) is 21.2 Å². The van der Waals surface area contributed by atoms with Gasteiger partial charge in [0.15, 0.2) is 0 Å². The average Bonchev–Trinajstić information content (AvgIpc) is 2.52. The number of halogens is 1. The van der Waals surface area contributed by atoms with Gasteiger partial charge in [0.1, 0.15) is 0 Å². The second-order valence-electron chi connectivity index (χ2n) is 2.99. The van der Waals surface area contributed by atoms with Gasteiger partial charge in [-0.15, -0.1) is 11.3 Å². The third-order valence-corrected chi connectivity index (χ3v) is 3.36. The molecule has 3 nitrogen and oxygen atoms in total. The summed E-state index contributed by atoms with van der Waals surface area (Å²) in [5.41, 5.74) is 0. The topological polar surface area (TPSA) is 49.3 Å². The predicted octanol–water partition coefficient (Wildman–Crippen LogP) is 2.01. The van der Waals surface area contributed by atoms with Crippen LogP contribution in [0.15, 0.2) is 15.9 Å². The highest BCUT2D eigenvalue weighted by Gasteiger charge is 2.10. The number of carbonyl (C=O) groups excluding carboxylic acids is 1. The largest absolute Gasteiger partial charge is 0.396 e. The fourth-order valence-corrected chi connectivity index (χ4v) is 2.29. The highest BCUT2D eigenvalue weighted by atomic mass is 79.9. The van der Waals surface area contributed by atoms with Gasteiger partial charge in [-0.05, 0) is 41.4 Å². The average molecular weight is 278 g/mol. The molecule has 0 aliphatic carbocycles. The molecule has 1 aromatic heterocycles. The fraction of sp³-hybridized carbons (Fsp3) is 0.444. The maximum atomic E-state index is 11.5. The van der Waals surface area contributed by atoms with Crippen LogP contribution in [0.3, 0.4) is 0 Å². The molecule has 0 radical (unpaired) electrons. The smallest absolute Gasteiger partial charge is 0.261 e. The van der Waals surface area contributed by atoms with E-state index in [0.717, 1.165) is 3.79 Å². The number of nitrogens with one attached hydrogen (secondary N) is 1. The first-order valence-electron chi connectivity index (χ1n) is 4.30. The van der Waals surface area contributed by atoms with Crippen molar-refractivity contribution in [2.45, 2.75) is 19.4 Å². The summed E-state index contributed by atoms with van der Waals surface area (Å²) in [6, 6.07) is 3.62. The molecule has 0 fully saturated rings. The van der Waals surface area contributed by atoms with Crippen LogP contribution in [0.4, 0.5) is 0 Å². The molecule has 1 rings (SSSR count). The molecule has 1 amide bonds. The lowest BCUT2D eigenvalue weighted by Gasteiger charge is -2.10. The molecule has 1 heterocycles. The third-order valence-electron chi connectivity index (χ3n) is 1.74. The number of amides is 1. The normalized spacial score (nSPS) is 12.5. The summed E-state index contributed by atoms with van der Waals surface area (Å²) >= 11 is 4.69. The van der Waals surface area contributed by atoms with E-state index in [4.69, 9.17) is 5.11 Å². The van der Waals surface area contributed by atoms with Crippen molar-refractivity contribution in [3.63, 3.8) is 0 Å². The summed E-state index contributed by atoms with van der Waals surface area (Å²) in [7, 11) is 0. The highest BCUT2D eigenvalue weighted by Crippen LogP contribution is 2.21. The SMILES string of the molecule is CC(CCO)NC(=O)c1ccc(Br)s1. The molecule has 1 unspecified atom stereocenters. The summed E-state index contributed by atoms with van der Waals surface area (Å²) in [4.78, 5) is 12.2. The van der Waals surface area contributed by atoms with Crippen molar-refractivity contribution >= 4 is 33.2 Å². The Balaban J connectivity index is 2.50. The summed E-state index contributed by atoms with van der Waals surface area (Å²) in [6.07, 6.45) is 0.582. The number of rotatable bonds is 4. The lowest BCUT2D eigenvalue weighted by Crippen LogP contribution is -2.32. The number of aliphatic hydroxyl groups is 1. The summed E-state index contributed by atoms with van der Waals surface area (Å²) in [5, 5.41) is 11.5. The van der Waals surface area contributed by atoms with Crippen LogP contribution in [0.5, 0.6) is 0 Å². The molecule has 0 aliphatic rings. The lowest BCUT2D eigenvalue weighted by molar-refractivity contribution is 0.0938.